The van der Waals surface area contributed by atoms with Crippen LogP contribution in [0.2, 0.25) is 0 Å². The molecule has 0 atom stereocenters. The number of halogens is 13. The molecule has 0 radical (unpaired) electrons. The molecular formula is C7HF13O. The molecule has 0 fully saturated rings. The Morgan fingerprint density at radius 2 is 0.810 bits per heavy atom. The lowest BCUT2D eigenvalue weighted by molar-refractivity contribution is -0.358. The minimum atomic E-state index is -7.23. The number of hydrogen-bond acceptors (Lipinski definition) is 1. The molecular weight excluding hydrogens is 347 g/mol. The molecule has 21 heavy (non-hydrogen) atoms. The van der Waals surface area contributed by atoms with Gasteiger partial charge in [-0.15, -0.1) is 0 Å². The van der Waals surface area contributed by atoms with Gasteiger partial charge < -0.3 is 5.11 Å². The van der Waals surface area contributed by atoms with Gasteiger partial charge in [-0.05, 0) is 0 Å². The zero-order valence-electron chi connectivity index (χ0n) is 8.86. The van der Waals surface area contributed by atoms with Gasteiger partial charge in [-0.1, -0.05) is 0 Å². The van der Waals surface area contributed by atoms with Crippen molar-refractivity contribution in [1.29, 1.82) is 0 Å². The van der Waals surface area contributed by atoms with E-state index in [2.05, 4.69) is 0 Å². The fourth-order valence-corrected chi connectivity index (χ4v) is 1.00. The Kier molecular flexibility index (Phi) is 4.63. The van der Waals surface area contributed by atoms with Crippen LogP contribution >= 0.6 is 0 Å². The van der Waals surface area contributed by atoms with Crippen LogP contribution in [0.5, 0.6) is 0 Å². The van der Waals surface area contributed by atoms with Crippen molar-refractivity contribution >= 4 is 0 Å². The van der Waals surface area contributed by atoms with Crippen LogP contribution in [0.25, 0.3) is 0 Å². The van der Waals surface area contributed by atoms with Crippen molar-refractivity contribution < 1.29 is 62.2 Å². The molecule has 0 aliphatic rings. The fraction of sp³-hybridized carbons (Fsp3) is 0.714. The van der Waals surface area contributed by atoms with E-state index < -0.39 is 41.7 Å². The van der Waals surface area contributed by atoms with Gasteiger partial charge in [0.2, 0.25) is 0 Å². The first-order valence-corrected chi connectivity index (χ1v) is 4.18. The van der Waals surface area contributed by atoms with E-state index >= 15 is 0 Å². The van der Waals surface area contributed by atoms with Crippen LogP contribution in [0.3, 0.4) is 0 Å². The third kappa shape index (κ3) is 3.52. The zero-order chi connectivity index (χ0) is 17.7. The smallest absolute Gasteiger partial charge is 0.368 e. The first-order chi connectivity index (χ1) is 8.78. The van der Waals surface area contributed by atoms with Crippen LogP contribution in [0.4, 0.5) is 57.1 Å². The second kappa shape index (κ2) is 4.91. The lowest BCUT2D eigenvalue weighted by Gasteiger charge is -2.32. The van der Waals surface area contributed by atoms with Crippen LogP contribution in [-0.2, 0) is 0 Å². The molecule has 0 heterocycles. The molecule has 0 aromatic carbocycles. The highest BCUT2D eigenvalue weighted by atomic mass is 19.4. The standard InChI is InChI=1S/C7HF13O/c8-2(1(4(9,10)11)5(12,13)14)3(21,6(15,16)17)7(18,19)20/h21H. The minimum absolute atomic E-state index is 4.74. The molecule has 14 heteroatoms. The van der Waals surface area contributed by atoms with Gasteiger partial charge in [0, 0.05) is 0 Å². The molecule has 126 valence electrons. The van der Waals surface area contributed by atoms with E-state index in [1.807, 2.05) is 0 Å². The molecule has 1 N–H and O–H groups in total. The highest BCUT2D eigenvalue weighted by molar-refractivity contribution is 5.29. The van der Waals surface area contributed by atoms with Gasteiger partial charge in [-0.2, -0.15) is 52.7 Å². The van der Waals surface area contributed by atoms with Crippen molar-refractivity contribution in [3.63, 3.8) is 0 Å². The maximum atomic E-state index is 12.8. The predicted molar refractivity (Wildman–Crippen MR) is 37.3 cm³/mol. The third-order valence-corrected chi connectivity index (χ3v) is 1.92. The Labute approximate surface area is 105 Å². The molecule has 0 aliphatic carbocycles. The molecule has 0 saturated heterocycles. The highest BCUT2D eigenvalue weighted by Gasteiger charge is 2.76. The summed E-state index contributed by atoms with van der Waals surface area (Å²) in [6.45, 7) is 0. The molecule has 0 amide bonds. The summed E-state index contributed by atoms with van der Waals surface area (Å²) in [4.78, 5) is 0. The maximum absolute atomic E-state index is 12.8. The average Bonchev–Trinajstić information content (AvgIpc) is 2.07. The SMILES string of the molecule is OC(C(F)=C(C(F)(F)F)C(F)(F)F)(C(F)(F)F)C(F)(F)F. The second-order valence-electron chi connectivity index (χ2n) is 3.39. The second-order valence-corrected chi connectivity index (χ2v) is 3.39. The molecule has 1 nitrogen and oxygen atoms in total. The van der Waals surface area contributed by atoms with Gasteiger partial charge in [-0.3, -0.25) is 0 Å². The predicted octanol–water partition coefficient (Wildman–Crippen LogP) is 4.19. The highest BCUT2D eigenvalue weighted by Crippen LogP contribution is 2.53. The van der Waals surface area contributed by atoms with Gasteiger partial charge in [0.15, 0.2) is 11.4 Å². The molecule has 0 aromatic rings. The summed E-state index contributed by atoms with van der Waals surface area (Å²) in [5.41, 5.74) is -11.7. The fourth-order valence-electron chi connectivity index (χ4n) is 1.00. The first kappa shape index (κ1) is 19.8. The monoisotopic (exact) mass is 348 g/mol. The summed E-state index contributed by atoms with van der Waals surface area (Å²) >= 11 is 0. The summed E-state index contributed by atoms with van der Waals surface area (Å²) in [5, 5.41) is 8.17. The minimum Gasteiger partial charge on any atom is -0.368 e. The Hall–Kier alpha value is -1.21. The van der Waals surface area contributed by atoms with Gasteiger partial charge >= 0.3 is 30.3 Å². The Bertz CT molecular complexity index is 386. The van der Waals surface area contributed by atoms with Crippen molar-refractivity contribution in [2.24, 2.45) is 0 Å². The molecule has 0 rings (SSSR count). The molecule has 0 aromatic heterocycles. The van der Waals surface area contributed by atoms with Crippen LogP contribution in [0, 0.1) is 0 Å². The van der Waals surface area contributed by atoms with E-state index in [1.54, 1.807) is 0 Å². The van der Waals surface area contributed by atoms with Crippen LogP contribution in [0.1, 0.15) is 0 Å². The number of alkyl halides is 12. The Balaban J connectivity index is 6.73. The zero-order valence-corrected chi connectivity index (χ0v) is 8.86. The van der Waals surface area contributed by atoms with Gasteiger partial charge in [0.05, 0.1) is 0 Å². The number of hydrogen-bond donors (Lipinski definition) is 1. The van der Waals surface area contributed by atoms with Gasteiger partial charge in [0.1, 0.15) is 0 Å². The van der Waals surface area contributed by atoms with Gasteiger partial charge in [0.25, 0.3) is 0 Å². The normalized spacial score (nSPS) is 15.1. The topological polar surface area (TPSA) is 20.2 Å². The first-order valence-electron chi connectivity index (χ1n) is 4.18. The lowest BCUT2D eigenvalue weighted by atomic mass is 9.96. The Morgan fingerprint density at radius 3 is 0.952 bits per heavy atom. The average molecular weight is 348 g/mol. The molecule has 0 bridgehead atoms. The van der Waals surface area contributed by atoms with Crippen molar-refractivity contribution in [2.45, 2.75) is 30.3 Å². The molecule has 0 aliphatic heterocycles. The quantitative estimate of drug-likeness (QED) is 0.705. The van der Waals surface area contributed by atoms with Gasteiger partial charge in [-0.25, -0.2) is 4.39 Å². The summed E-state index contributed by atoms with van der Waals surface area (Å²) in [6.07, 6.45) is -28.4. The van der Waals surface area contributed by atoms with E-state index in [1.165, 1.54) is 0 Å². The van der Waals surface area contributed by atoms with Crippen molar-refractivity contribution in [2.75, 3.05) is 0 Å². The summed E-state index contributed by atoms with van der Waals surface area (Å²) in [7, 11) is 0. The lowest BCUT2D eigenvalue weighted by Crippen LogP contribution is -2.58. The van der Waals surface area contributed by atoms with E-state index in [0.29, 0.717) is 0 Å². The van der Waals surface area contributed by atoms with Crippen LogP contribution in [-0.4, -0.2) is 35.4 Å². The maximum Gasteiger partial charge on any atom is 0.433 e. The largest absolute Gasteiger partial charge is 0.433 e. The van der Waals surface area contributed by atoms with E-state index in [4.69, 9.17) is 5.11 Å². The summed E-state index contributed by atoms with van der Waals surface area (Å²) in [6, 6.07) is 0. The number of rotatable bonds is 1. The van der Waals surface area contributed by atoms with Crippen molar-refractivity contribution in [3.8, 4) is 0 Å². The number of aliphatic hydroxyl groups is 1. The van der Waals surface area contributed by atoms with Crippen LogP contribution in [0.15, 0.2) is 11.4 Å². The van der Waals surface area contributed by atoms with Crippen LogP contribution < -0.4 is 0 Å². The molecule has 0 saturated carbocycles. The summed E-state index contributed by atoms with van der Waals surface area (Å²) in [5.74, 6) is -4.86. The Morgan fingerprint density at radius 1 is 0.571 bits per heavy atom. The number of allylic oxidation sites excluding steroid dienone is 1. The summed E-state index contributed by atoms with van der Waals surface area (Å²) < 4.78 is 156. The van der Waals surface area contributed by atoms with E-state index in [0.717, 1.165) is 0 Å². The van der Waals surface area contributed by atoms with E-state index in [-0.39, 0.29) is 0 Å². The third-order valence-electron chi connectivity index (χ3n) is 1.92. The van der Waals surface area contributed by atoms with Crippen molar-refractivity contribution in [1.82, 2.24) is 0 Å². The molecule has 0 unspecified atom stereocenters. The van der Waals surface area contributed by atoms with Crippen molar-refractivity contribution in [3.05, 3.63) is 11.4 Å². The van der Waals surface area contributed by atoms with E-state index in [9.17, 15) is 57.1 Å². The molecule has 0 spiro atoms.